The Bertz CT molecular complexity index is 1390. The van der Waals surface area contributed by atoms with E-state index in [2.05, 4.69) is 14.9 Å². The van der Waals surface area contributed by atoms with Gasteiger partial charge >= 0.3 is 0 Å². The lowest BCUT2D eigenvalue weighted by Gasteiger charge is -2.19. The molecule has 0 spiro atoms. The van der Waals surface area contributed by atoms with Crippen LogP contribution in [0.1, 0.15) is 29.3 Å². The molecule has 3 aromatic carbocycles. The number of nitrogens with one attached hydrogen (secondary N) is 2. The maximum Gasteiger partial charge on any atom is 0.254 e. The lowest BCUT2D eigenvalue weighted by atomic mass is 10.0. The average molecular weight is 479 g/mol. The van der Waals surface area contributed by atoms with Crippen LogP contribution in [0.4, 0.5) is 5.69 Å². The van der Waals surface area contributed by atoms with Crippen LogP contribution in [-0.2, 0) is 17.4 Å². The number of hydrogen-bond acceptors (Lipinski definition) is 5. The van der Waals surface area contributed by atoms with Gasteiger partial charge in [0.2, 0.25) is 10.9 Å². The molecule has 0 fully saturated rings. The van der Waals surface area contributed by atoms with Crippen molar-refractivity contribution >= 4 is 33.4 Å². The molecule has 0 bridgehead atoms. The van der Waals surface area contributed by atoms with E-state index in [1.165, 1.54) is 0 Å². The molecular formula is C25H26N4O4S. The third-order valence-electron chi connectivity index (χ3n) is 5.40. The predicted octanol–water partition coefficient (Wildman–Crippen LogP) is 4.23. The van der Waals surface area contributed by atoms with Crippen LogP contribution in [0.25, 0.3) is 22.0 Å². The van der Waals surface area contributed by atoms with Gasteiger partial charge in [0.05, 0.1) is 18.3 Å². The van der Waals surface area contributed by atoms with Gasteiger partial charge in [-0.1, -0.05) is 37.3 Å². The quantitative estimate of drug-likeness (QED) is 0.312. The van der Waals surface area contributed by atoms with Crippen LogP contribution < -0.4 is 9.46 Å². The molecule has 1 aromatic heterocycles. The van der Waals surface area contributed by atoms with Crippen molar-refractivity contribution < 1.29 is 17.9 Å². The number of H-pyrrole nitrogens is 1. The van der Waals surface area contributed by atoms with Crippen molar-refractivity contribution in [3.05, 3.63) is 78.0 Å². The first-order chi connectivity index (χ1) is 16.5. The Morgan fingerprint density at radius 2 is 1.94 bits per heavy atom. The number of rotatable bonds is 9. The van der Waals surface area contributed by atoms with Gasteiger partial charge in [0, 0.05) is 35.8 Å². The zero-order valence-electron chi connectivity index (χ0n) is 18.9. The minimum absolute atomic E-state index is 0.136. The van der Waals surface area contributed by atoms with Gasteiger partial charge in [-0.15, -0.1) is 0 Å². The SMILES string of the molecule is CCCOc1cc(C(=O)N(C)Cc2cccc3cn[nH]c23)ccc1-c1cccc(N[SH](=O)=O)c1. The molecule has 4 rings (SSSR count). The molecule has 0 radical (unpaired) electrons. The largest absolute Gasteiger partial charge is 0.493 e. The van der Waals surface area contributed by atoms with Crippen LogP contribution in [-0.4, -0.2) is 43.1 Å². The monoisotopic (exact) mass is 478 g/mol. The lowest BCUT2D eigenvalue weighted by molar-refractivity contribution is 0.0785. The molecule has 0 saturated heterocycles. The van der Waals surface area contributed by atoms with Gasteiger partial charge in [-0.3, -0.25) is 14.6 Å². The van der Waals surface area contributed by atoms with E-state index in [0.717, 1.165) is 34.0 Å². The predicted molar refractivity (Wildman–Crippen MR) is 133 cm³/mol. The highest BCUT2D eigenvalue weighted by molar-refractivity contribution is 7.73. The summed E-state index contributed by atoms with van der Waals surface area (Å²) in [7, 11) is -1.00. The number of thiol groups is 1. The number of fused-ring (bicyclic) bond motifs is 1. The summed E-state index contributed by atoms with van der Waals surface area (Å²) in [5, 5.41) is 8.08. The van der Waals surface area contributed by atoms with Gasteiger partial charge in [-0.2, -0.15) is 5.10 Å². The van der Waals surface area contributed by atoms with Crippen molar-refractivity contribution in [1.29, 1.82) is 0 Å². The minimum atomic E-state index is -2.76. The van der Waals surface area contributed by atoms with E-state index in [1.54, 1.807) is 48.5 Å². The molecule has 1 heterocycles. The van der Waals surface area contributed by atoms with E-state index in [9.17, 15) is 13.2 Å². The smallest absolute Gasteiger partial charge is 0.254 e. The lowest BCUT2D eigenvalue weighted by Crippen LogP contribution is -2.26. The number of nitrogens with zero attached hydrogens (tertiary/aromatic N) is 2. The second-order valence-corrected chi connectivity index (χ2v) is 8.66. The number of amides is 1. The summed E-state index contributed by atoms with van der Waals surface area (Å²) in [6.45, 7) is 2.92. The first kappa shape index (κ1) is 23.3. The highest BCUT2D eigenvalue weighted by Gasteiger charge is 2.17. The number of carbonyl (C=O) groups excluding carboxylic acids is 1. The summed E-state index contributed by atoms with van der Waals surface area (Å²) in [5.41, 5.74) is 4.42. The summed E-state index contributed by atoms with van der Waals surface area (Å²) in [6.07, 6.45) is 2.57. The third kappa shape index (κ3) is 5.20. The summed E-state index contributed by atoms with van der Waals surface area (Å²) in [6, 6.07) is 18.3. The van der Waals surface area contributed by atoms with Crippen molar-refractivity contribution in [2.75, 3.05) is 18.4 Å². The molecule has 34 heavy (non-hydrogen) atoms. The molecule has 9 heteroatoms. The molecule has 0 aliphatic carbocycles. The summed E-state index contributed by atoms with van der Waals surface area (Å²) >= 11 is 0. The average Bonchev–Trinajstić information content (AvgIpc) is 3.32. The Kier molecular flexibility index (Phi) is 7.12. The van der Waals surface area contributed by atoms with Crippen LogP contribution in [0, 0.1) is 0 Å². The molecule has 0 atom stereocenters. The zero-order valence-corrected chi connectivity index (χ0v) is 19.8. The Hall–Kier alpha value is -3.85. The van der Waals surface area contributed by atoms with E-state index >= 15 is 0 Å². The van der Waals surface area contributed by atoms with E-state index in [-0.39, 0.29) is 5.91 Å². The number of aromatic nitrogens is 2. The first-order valence-corrected chi connectivity index (χ1v) is 12.1. The molecule has 0 aliphatic rings. The van der Waals surface area contributed by atoms with Gasteiger partial charge < -0.3 is 9.64 Å². The Morgan fingerprint density at radius 1 is 1.12 bits per heavy atom. The van der Waals surface area contributed by atoms with Crippen molar-refractivity contribution in [3.63, 3.8) is 0 Å². The van der Waals surface area contributed by atoms with Gasteiger partial charge in [0.15, 0.2) is 0 Å². The molecule has 0 unspecified atom stereocenters. The third-order valence-corrected chi connectivity index (χ3v) is 5.84. The van der Waals surface area contributed by atoms with E-state index in [1.807, 2.05) is 37.3 Å². The number of aromatic amines is 1. The molecule has 8 nitrogen and oxygen atoms in total. The molecule has 4 aromatic rings. The summed E-state index contributed by atoms with van der Waals surface area (Å²) < 4.78 is 30.5. The van der Waals surface area contributed by atoms with E-state index in [4.69, 9.17) is 4.74 Å². The Morgan fingerprint density at radius 3 is 2.74 bits per heavy atom. The highest BCUT2D eigenvalue weighted by Crippen LogP contribution is 2.33. The number of anilines is 1. The molecule has 1 amide bonds. The van der Waals surface area contributed by atoms with Crippen molar-refractivity contribution in [3.8, 4) is 16.9 Å². The molecule has 0 saturated carbocycles. The number of para-hydroxylation sites is 1. The molecular weight excluding hydrogens is 452 g/mol. The van der Waals surface area contributed by atoms with Crippen LogP contribution in [0.5, 0.6) is 5.75 Å². The fraction of sp³-hybridized carbons (Fsp3) is 0.200. The Labute approximate surface area is 199 Å². The standard InChI is InChI=1S/C25H26N4O4S/c1-3-12-33-23-14-18(10-11-22(23)17-6-5-9-21(13-17)28-34(31)32)25(30)29(2)16-20-8-4-7-19-15-26-27-24(19)20/h4-11,13-15,34H,3,12,16H2,1-2H3,(H,26,27)(H,28,31,32). The van der Waals surface area contributed by atoms with Gasteiger partial charge in [0.25, 0.3) is 5.91 Å². The number of benzene rings is 3. The van der Waals surface area contributed by atoms with Crippen LogP contribution in [0.2, 0.25) is 0 Å². The fourth-order valence-electron chi connectivity index (χ4n) is 3.80. The van der Waals surface area contributed by atoms with Gasteiger partial charge in [-0.05, 0) is 47.9 Å². The van der Waals surface area contributed by atoms with Gasteiger partial charge in [0.1, 0.15) is 5.75 Å². The van der Waals surface area contributed by atoms with Crippen molar-refractivity contribution in [2.24, 2.45) is 0 Å². The zero-order chi connectivity index (χ0) is 24.1. The van der Waals surface area contributed by atoms with Crippen molar-refractivity contribution in [2.45, 2.75) is 19.9 Å². The van der Waals surface area contributed by atoms with E-state index < -0.39 is 10.9 Å². The summed E-state index contributed by atoms with van der Waals surface area (Å²) in [5.74, 6) is 0.434. The summed E-state index contributed by atoms with van der Waals surface area (Å²) in [4.78, 5) is 14.9. The molecule has 176 valence electrons. The van der Waals surface area contributed by atoms with Gasteiger partial charge in [-0.25, -0.2) is 8.42 Å². The second-order valence-electron chi connectivity index (χ2n) is 7.92. The fourth-order valence-corrected chi connectivity index (χ4v) is 4.15. The van der Waals surface area contributed by atoms with E-state index in [0.29, 0.717) is 30.2 Å². The Balaban J connectivity index is 1.62. The molecule has 0 aliphatic heterocycles. The topological polar surface area (TPSA) is 104 Å². The maximum atomic E-state index is 13.2. The first-order valence-electron chi connectivity index (χ1n) is 10.9. The van der Waals surface area contributed by atoms with Crippen LogP contribution in [0.15, 0.2) is 66.9 Å². The molecule has 2 N–H and O–H groups in total. The maximum absolute atomic E-state index is 13.2. The number of ether oxygens (including phenoxy) is 1. The second kappa shape index (κ2) is 10.4. The number of hydrogen-bond donors (Lipinski definition) is 3. The highest BCUT2D eigenvalue weighted by atomic mass is 32.2. The van der Waals surface area contributed by atoms with Crippen LogP contribution >= 0.6 is 0 Å². The number of carbonyl (C=O) groups is 1. The minimum Gasteiger partial charge on any atom is -0.493 e. The van der Waals surface area contributed by atoms with Crippen LogP contribution in [0.3, 0.4) is 0 Å². The normalized spacial score (nSPS) is 11.0. The van der Waals surface area contributed by atoms with Crippen molar-refractivity contribution in [1.82, 2.24) is 15.1 Å².